The molecule has 1 aromatic carbocycles. The summed E-state index contributed by atoms with van der Waals surface area (Å²) in [5.41, 5.74) is 0.970. The fourth-order valence-corrected chi connectivity index (χ4v) is 2.39. The van der Waals surface area contributed by atoms with Crippen molar-refractivity contribution < 1.29 is 34.6 Å². The number of hydrogen-bond donors (Lipinski definition) is 4. The Morgan fingerprint density at radius 2 is 1.91 bits per heavy atom. The molecular weight excluding hydrogens is 304 g/mol. The smallest absolute Gasteiger partial charge is 0.229 e. The van der Waals surface area contributed by atoms with Crippen LogP contribution in [-0.2, 0) is 11.2 Å². The molecule has 0 aliphatic carbocycles. The Morgan fingerprint density at radius 3 is 2.52 bits per heavy atom. The topological polar surface area (TPSA) is 109 Å². The van der Waals surface area contributed by atoms with E-state index in [0.717, 1.165) is 5.56 Å². The zero-order valence-corrected chi connectivity index (χ0v) is 12.8. The lowest BCUT2D eigenvalue weighted by molar-refractivity contribution is -0.277. The van der Waals surface area contributed by atoms with Crippen LogP contribution in [0.3, 0.4) is 0 Å². The van der Waals surface area contributed by atoms with Gasteiger partial charge in [-0.05, 0) is 24.1 Å². The first-order chi connectivity index (χ1) is 11.0. The van der Waals surface area contributed by atoms with Crippen molar-refractivity contribution in [1.82, 2.24) is 0 Å². The average Bonchev–Trinajstić information content (AvgIpc) is 2.56. The second-order valence-corrected chi connectivity index (χ2v) is 5.29. The molecule has 7 nitrogen and oxygen atoms in total. The fraction of sp³-hybridized carbons (Fsp3) is 0.500. The Balaban J connectivity index is 2.18. The van der Waals surface area contributed by atoms with Gasteiger partial charge in [0, 0.05) is 0 Å². The second-order valence-electron chi connectivity index (χ2n) is 5.29. The van der Waals surface area contributed by atoms with Crippen LogP contribution in [0.25, 0.3) is 0 Å². The summed E-state index contributed by atoms with van der Waals surface area (Å²) in [6.45, 7) is 3.16. The van der Waals surface area contributed by atoms with Gasteiger partial charge in [0.05, 0.1) is 13.7 Å². The van der Waals surface area contributed by atoms with E-state index in [4.69, 9.17) is 14.2 Å². The molecular formula is C16H22O7. The van der Waals surface area contributed by atoms with Crippen molar-refractivity contribution in [3.63, 3.8) is 0 Å². The van der Waals surface area contributed by atoms with Gasteiger partial charge in [-0.2, -0.15) is 0 Å². The molecule has 1 aliphatic rings. The Bertz CT molecular complexity index is 531. The van der Waals surface area contributed by atoms with Gasteiger partial charge in [-0.3, -0.25) is 0 Å². The number of methoxy groups -OCH3 is 1. The molecule has 128 valence electrons. The molecule has 0 saturated carbocycles. The van der Waals surface area contributed by atoms with E-state index in [1.807, 2.05) is 6.07 Å². The van der Waals surface area contributed by atoms with Gasteiger partial charge in [-0.25, -0.2) is 0 Å². The third-order valence-corrected chi connectivity index (χ3v) is 3.70. The quantitative estimate of drug-likeness (QED) is 0.527. The number of benzene rings is 1. The SMILES string of the molecule is C=CCc1ccc(OC2OC(CO)C(O)C(O)C2O)c(OC)c1. The maximum atomic E-state index is 9.99. The largest absolute Gasteiger partial charge is 0.493 e. The first-order valence-corrected chi connectivity index (χ1v) is 7.26. The summed E-state index contributed by atoms with van der Waals surface area (Å²) in [7, 11) is 1.48. The molecule has 1 saturated heterocycles. The molecule has 0 radical (unpaired) electrons. The predicted octanol–water partition coefficient (Wildman–Crippen LogP) is -0.398. The molecule has 5 atom stereocenters. The van der Waals surface area contributed by atoms with Crippen molar-refractivity contribution in [2.75, 3.05) is 13.7 Å². The third kappa shape index (κ3) is 3.82. The highest BCUT2D eigenvalue weighted by Gasteiger charge is 2.44. The number of aliphatic hydroxyl groups is 4. The van der Waals surface area contributed by atoms with Gasteiger partial charge in [0.2, 0.25) is 6.29 Å². The molecule has 2 rings (SSSR count). The molecule has 0 aromatic heterocycles. The molecule has 1 aromatic rings. The summed E-state index contributed by atoms with van der Waals surface area (Å²) in [6, 6.07) is 5.23. The van der Waals surface area contributed by atoms with Crippen LogP contribution >= 0.6 is 0 Å². The highest BCUT2D eigenvalue weighted by molar-refractivity contribution is 5.43. The van der Waals surface area contributed by atoms with Crippen LogP contribution in [0.5, 0.6) is 11.5 Å². The Hall–Kier alpha value is -1.64. The summed E-state index contributed by atoms with van der Waals surface area (Å²) in [6.07, 6.45) is -4.23. The molecule has 0 bridgehead atoms. The minimum Gasteiger partial charge on any atom is -0.493 e. The standard InChI is InChI=1S/C16H22O7/c1-3-4-9-5-6-10(11(7-9)21-2)22-16-15(20)14(19)13(18)12(8-17)23-16/h3,5-7,12-20H,1,4,8H2,2H3. The van der Waals surface area contributed by atoms with Crippen LogP contribution in [0.2, 0.25) is 0 Å². The number of allylic oxidation sites excluding steroid dienone is 1. The Labute approximate surface area is 134 Å². The third-order valence-electron chi connectivity index (χ3n) is 3.70. The van der Waals surface area contributed by atoms with Crippen LogP contribution in [0.15, 0.2) is 30.9 Å². The highest BCUT2D eigenvalue weighted by Crippen LogP contribution is 2.32. The number of aliphatic hydroxyl groups excluding tert-OH is 4. The molecule has 7 heteroatoms. The van der Waals surface area contributed by atoms with Gasteiger partial charge in [0.1, 0.15) is 24.4 Å². The lowest BCUT2D eigenvalue weighted by atomic mass is 9.99. The maximum absolute atomic E-state index is 9.99. The fourth-order valence-electron chi connectivity index (χ4n) is 2.39. The van der Waals surface area contributed by atoms with E-state index in [1.165, 1.54) is 7.11 Å². The zero-order chi connectivity index (χ0) is 17.0. The van der Waals surface area contributed by atoms with Gasteiger partial charge >= 0.3 is 0 Å². The van der Waals surface area contributed by atoms with E-state index in [1.54, 1.807) is 18.2 Å². The van der Waals surface area contributed by atoms with Crippen molar-refractivity contribution in [3.05, 3.63) is 36.4 Å². The van der Waals surface area contributed by atoms with Crippen molar-refractivity contribution in [1.29, 1.82) is 0 Å². The first-order valence-electron chi connectivity index (χ1n) is 7.26. The normalized spacial score (nSPS) is 30.7. The molecule has 1 heterocycles. The van der Waals surface area contributed by atoms with Crippen LogP contribution < -0.4 is 9.47 Å². The minimum atomic E-state index is -1.49. The Morgan fingerprint density at radius 1 is 1.17 bits per heavy atom. The van der Waals surface area contributed by atoms with E-state index in [2.05, 4.69) is 6.58 Å². The summed E-state index contributed by atoms with van der Waals surface area (Å²) in [5.74, 6) is 0.742. The van der Waals surface area contributed by atoms with E-state index in [9.17, 15) is 20.4 Å². The van der Waals surface area contributed by atoms with Gasteiger partial charge in [-0.1, -0.05) is 12.1 Å². The van der Waals surface area contributed by atoms with Crippen molar-refractivity contribution in [2.24, 2.45) is 0 Å². The van der Waals surface area contributed by atoms with Crippen molar-refractivity contribution >= 4 is 0 Å². The summed E-state index contributed by atoms with van der Waals surface area (Å²) < 4.78 is 16.1. The lowest BCUT2D eigenvalue weighted by Crippen LogP contribution is -2.60. The average molecular weight is 326 g/mol. The van der Waals surface area contributed by atoms with Gasteiger partial charge in [0.15, 0.2) is 11.5 Å². The van der Waals surface area contributed by atoms with Crippen molar-refractivity contribution in [3.8, 4) is 11.5 Å². The zero-order valence-electron chi connectivity index (χ0n) is 12.8. The highest BCUT2D eigenvalue weighted by atomic mass is 16.7. The van der Waals surface area contributed by atoms with Crippen LogP contribution in [0.1, 0.15) is 5.56 Å². The van der Waals surface area contributed by atoms with Gasteiger partial charge in [0.25, 0.3) is 0 Å². The molecule has 4 N–H and O–H groups in total. The molecule has 0 spiro atoms. The first kappa shape index (κ1) is 17.7. The maximum Gasteiger partial charge on any atom is 0.229 e. The molecule has 1 aliphatic heterocycles. The summed E-state index contributed by atoms with van der Waals surface area (Å²) >= 11 is 0. The van der Waals surface area contributed by atoms with Crippen LogP contribution in [0, 0.1) is 0 Å². The van der Waals surface area contributed by atoms with Crippen molar-refractivity contribution in [2.45, 2.75) is 37.1 Å². The van der Waals surface area contributed by atoms with Gasteiger partial charge in [-0.15, -0.1) is 6.58 Å². The summed E-state index contributed by atoms with van der Waals surface area (Å²) in [4.78, 5) is 0. The minimum absolute atomic E-state index is 0.310. The lowest BCUT2D eigenvalue weighted by Gasteiger charge is -2.39. The molecule has 1 fully saturated rings. The monoisotopic (exact) mass is 326 g/mol. The van der Waals surface area contributed by atoms with Gasteiger partial charge < -0.3 is 34.6 Å². The van der Waals surface area contributed by atoms with E-state index >= 15 is 0 Å². The van der Waals surface area contributed by atoms with E-state index in [-0.39, 0.29) is 0 Å². The van der Waals surface area contributed by atoms with E-state index in [0.29, 0.717) is 17.9 Å². The Kier molecular flexibility index (Phi) is 5.97. The predicted molar refractivity (Wildman–Crippen MR) is 81.3 cm³/mol. The second kappa shape index (κ2) is 7.76. The summed E-state index contributed by atoms with van der Waals surface area (Å²) in [5, 5.41) is 38.7. The molecule has 0 amide bonds. The van der Waals surface area contributed by atoms with E-state index < -0.39 is 37.3 Å². The number of hydrogen-bond acceptors (Lipinski definition) is 7. The number of ether oxygens (including phenoxy) is 3. The number of rotatable bonds is 6. The molecule has 23 heavy (non-hydrogen) atoms. The molecule has 5 unspecified atom stereocenters. The van der Waals surface area contributed by atoms with Crippen LogP contribution in [0.4, 0.5) is 0 Å². The van der Waals surface area contributed by atoms with Crippen LogP contribution in [-0.4, -0.2) is 64.8 Å².